The Bertz CT molecular complexity index is 630. The van der Waals surface area contributed by atoms with E-state index in [0.717, 1.165) is 18.6 Å². The Labute approximate surface area is 136 Å². The molecule has 1 heterocycles. The minimum atomic E-state index is -4.87. The number of halogens is 4. The third-order valence-electron chi connectivity index (χ3n) is 4.11. The van der Waals surface area contributed by atoms with Gasteiger partial charge in [0.1, 0.15) is 5.82 Å². The number of piperidine rings is 1. The molecule has 0 saturated carbocycles. The number of carboxylic acids is 1. The molecule has 1 aliphatic rings. The molecule has 24 heavy (non-hydrogen) atoms. The molecule has 0 radical (unpaired) electrons. The third-order valence-corrected chi connectivity index (χ3v) is 4.11. The van der Waals surface area contributed by atoms with Crippen LogP contribution in [0.4, 0.5) is 17.6 Å². The van der Waals surface area contributed by atoms with E-state index >= 15 is 0 Å². The van der Waals surface area contributed by atoms with Gasteiger partial charge in [-0.15, -0.1) is 0 Å². The van der Waals surface area contributed by atoms with Crippen molar-refractivity contribution in [2.45, 2.75) is 31.9 Å². The van der Waals surface area contributed by atoms with Gasteiger partial charge in [-0.2, -0.15) is 13.2 Å². The summed E-state index contributed by atoms with van der Waals surface area (Å²) in [5.74, 6) is -3.35. The molecule has 0 aromatic heterocycles. The molecule has 2 rings (SSSR count). The van der Waals surface area contributed by atoms with Gasteiger partial charge < -0.3 is 10.0 Å². The van der Waals surface area contributed by atoms with Gasteiger partial charge in [-0.25, -0.2) is 4.39 Å². The molecule has 1 aromatic carbocycles. The van der Waals surface area contributed by atoms with Crippen molar-refractivity contribution in [3.63, 3.8) is 0 Å². The quantitative estimate of drug-likeness (QED) is 0.848. The second-order valence-corrected chi connectivity index (χ2v) is 5.86. The number of nitrogens with zero attached hydrogens (tertiary/aromatic N) is 1. The maximum absolute atomic E-state index is 14.1. The Hall–Kier alpha value is -2.12. The number of rotatable bonds is 4. The number of benzene rings is 1. The van der Waals surface area contributed by atoms with Crippen molar-refractivity contribution in [2.24, 2.45) is 5.92 Å². The Balaban J connectivity index is 2.15. The zero-order valence-corrected chi connectivity index (χ0v) is 12.8. The highest BCUT2D eigenvalue weighted by Crippen LogP contribution is 2.33. The lowest BCUT2D eigenvalue weighted by Crippen LogP contribution is -2.40. The fourth-order valence-corrected chi connectivity index (χ4v) is 2.90. The number of alkyl halides is 3. The normalized spacial score (nSPS) is 18.5. The van der Waals surface area contributed by atoms with E-state index in [9.17, 15) is 27.2 Å². The molecule has 4 nitrogen and oxygen atoms in total. The van der Waals surface area contributed by atoms with Crippen molar-refractivity contribution in [3.05, 3.63) is 35.1 Å². The Morgan fingerprint density at radius 3 is 2.62 bits per heavy atom. The van der Waals surface area contributed by atoms with Crippen LogP contribution in [0.1, 0.15) is 41.6 Å². The zero-order valence-electron chi connectivity index (χ0n) is 12.8. The summed E-state index contributed by atoms with van der Waals surface area (Å²) in [4.78, 5) is 24.3. The van der Waals surface area contributed by atoms with Crippen molar-refractivity contribution in [2.75, 3.05) is 13.1 Å². The molecule has 132 valence electrons. The first-order chi connectivity index (χ1) is 11.2. The number of amides is 1. The van der Waals surface area contributed by atoms with Crippen molar-refractivity contribution < 1.29 is 32.3 Å². The average Bonchev–Trinajstić information content (AvgIpc) is 2.51. The van der Waals surface area contributed by atoms with E-state index in [0.29, 0.717) is 25.5 Å². The van der Waals surface area contributed by atoms with E-state index in [1.807, 2.05) is 0 Å². The number of hydrogen-bond donors (Lipinski definition) is 1. The van der Waals surface area contributed by atoms with Gasteiger partial charge in [0, 0.05) is 19.5 Å². The average molecular weight is 347 g/mol. The second-order valence-electron chi connectivity index (χ2n) is 5.86. The van der Waals surface area contributed by atoms with Gasteiger partial charge in [0.15, 0.2) is 0 Å². The molecule has 0 bridgehead atoms. The lowest BCUT2D eigenvalue weighted by Gasteiger charge is -2.33. The first-order valence-electron chi connectivity index (χ1n) is 7.57. The second kappa shape index (κ2) is 7.19. The first-order valence-corrected chi connectivity index (χ1v) is 7.57. The van der Waals surface area contributed by atoms with Crippen molar-refractivity contribution in [1.82, 2.24) is 4.90 Å². The van der Waals surface area contributed by atoms with Crippen LogP contribution in [0.2, 0.25) is 0 Å². The van der Waals surface area contributed by atoms with Crippen LogP contribution < -0.4 is 0 Å². The molecule has 0 aliphatic carbocycles. The predicted molar refractivity (Wildman–Crippen MR) is 76.9 cm³/mol. The monoisotopic (exact) mass is 347 g/mol. The van der Waals surface area contributed by atoms with Gasteiger partial charge in [0.25, 0.3) is 5.91 Å². The summed E-state index contributed by atoms with van der Waals surface area (Å²) in [7, 11) is 0. The first kappa shape index (κ1) is 18.2. The van der Waals surface area contributed by atoms with Crippen LogP contribution in [0.5, 0.6) is 0 Å². The number of likely N-dealkylation sites (tertiary alicyclic amines) is 1. The molecule has 0 spiro atoms. The fourth-order valence-electron chi connectivity index (χ4n) is 2.90. The van der Waals surface area contributed by atoms with E-state index in [1.54, 1.807) is 0 Å². The van der Waals surface area contributed by atoms with E-state index in [2.05, 4.69) is 0 Å². The van der Waals surface area contributed by atoms with Crippen LogP contribution in [0.3, 0.4) is 0 Å². The highest BCUT2D eigenvalue weighted by atomic mass is 19.4. The van der Waals surface area contributed by atoms with Crippen LogP contribution in [0, 0.1) is 11.7 Å². The summed E-state index contributed by atoms with van der Waals surface area (Å²) < 4.78 is 52.3. The lowest BCUT2D eigenvalue weighted by atomic mass is 9.93. The highest BCUT2D eigenvalue weighted by Gasteiger charge is 2.36. The summed E-state index contributed by atoms with van der Waals surface area (Å²) in [6, 6.07) is 2.64. The number of hydrogen-bond acceptors (Lipinski definition) is 2. The Morgan fingerprint density at radius 2 is 2.00 bits per heavy atom. The summed E-state index contributed by atoms with van der Waals surface area (Å²) in [6.45, 7) is 0.542. The predicted octanol–water partition coefficient (Wildman–Crippen LogP) is 3.56. The molecule has 1 amide bonds. The summed E-state index contributed by atoms with van der Waals surface area (Å²) in [5, 5.41) is 8.70. The highest BCUT2D eigenvalue weighted by molar-refractivity contribution is 5.94. The molecule has 1 N–H and O–H groups in total. The van der Waals surface area contributed by atoms with Crippen LogP contribution in [0.25, 0.3) is 0 Å². The van der Waals surface area contributed by atoms with Gasteiger partial charge in [-0.1, -0.05) is 6.07 Å². The van der Waals surface area contributed by atoms with Gasteiger partial charge in [-0.05, 0) is 37.3 Å². The van der Waals surface area contributed by atoms with Crippen LogP contribution >= 0.6 is 0 Å². The van der Waals surface area contributed by atoms with E-state index in [1.165, 1.54) is 4.90 Å². The molecule has 1 saturated heterocycles. The van der Waals surface area contributed by atoms with Gasteiger partial charge in [-0.3, -0.25) is 9.59 Å². The van der Waals surface area contributed by atoms with Gasteiger partial charge >= 0.3 is 12.1 Å². The van der Waals surface area contributed by atoms with Gasteiger partial charge in [0.2, 0.25) is 0 Å². The maximum atomic E-state index is 14.1. The Kier molecular flexibility index (Phi) is 5.46. The topological polar surface area (TPSA) is 57.6 Å². The van der Waals surface area contributed by atoms with Crippen molar-refractivity contribution >= 4 is 11.9 Å². The lowest BCUT2D eigenvalue weighted by molar-refractivity contribution is -0.140. The number of carbonyl (C=O) groups is 2. The van der Waals surface area contributed by atoms with Gasteiger partial charge in [0.05, 0.1) is 11.1 Å². The molecular weight excluding hydrogens is 330 g/mol. The van der Waals surface area contributed by atoms with Crippen molar-refractivity contribution in [3.8, 4) is 0 Å². The SMILES string of the molecule is O=C(O)CCC1CCCN(C(=O)c2cccc(C(F)(F)F)c2F)C1. The molecule has 1 aromatic rings. The number of carboxylic acid groups (broad SMARTS) is 1. The maximum Gasteiger partial charge on any atom is 0.419 e. The zero-order chi connectivity index (χ0) is 17.9. The van der Waals surface area contributed by atoms with E-state index < -0.39 is 35.0 Å². The van der Waals surface area contributed by atoms with Crippen LogP contribution in [-0.4, -0.2) is 35.0 Å². The van der Waals surface area contributed by atoms with Crippen molar-refractivity contribution in [1.29, 1.82) is 0 Å². The summed E-state index contributed by atoms with van der Waals surface area (Å²) in [6.07, 6.45) is -3.18. The third kappa shape index (κ3) is 4.24. The fraction of sp³-hybridized carbons (Fsp3) is 0.500. The summed E-state index contributed by atoms with van der Waals surface area (Å²) in [5.41, 5.74) is -2.07. The molecule has 1 unspecified atom stereocenters. The standard InChI is InChI=1S/C16H17F4NO3/c17-14-11(4-1-5-12(14)16(18,19)20)15(24)21-8-2-3-10(9-21)6-7-13(22)23/h1,4-5,10H,2-3,6-9H2,(H,22,23). The molecule has 8 heteroatoms. The Morgan fingerprint density at radius 1 is 1.29 bits per heavy atom. The van der Waals surface area contributed by atoms with Crippen LogP contribution in [0.15, 0.2) is 18.2 Å². The minimum Gasteiger partial charge on any atom is -0.481 e. The molecule has 1 aliphatic heterocycles. The van der Waals surface area contributed by atoms with E-state index in [-0.39, 0.29) is 18.9 Å². The van der Waals surface area contributed by atoms with Crippen LogP contribution in [-0.2, 0) is 11.0 Å². The number of aliphatic carboxylic acids is 1. The molecular formula is C16H17F4NO3. The minimum absolute atomic E-state index is 0.0371. The smallest absolute Gasteiger partial charge is 0.419 e. The molecule has 1 fully saturated rings. The molecule has 1 atom stereocenters. The van der Waals surface area contributed by atoms with E-state index in [4.69, 9.17) is 5.11 Å². The number of carbonyl (C=O) groups excluding carboxylic acids is 1. The largest absolute Gasteiger partial charge is 0.481 e. The summed E-state index contributed by atoms with van der Waals surface area (Å²) >= 11 is 0.